The van der Waals surface area contributed by atoms with Gasteiger partial charge >= 0.3 is 0 Å². The van der Waals surface area contributed by atoms with Gasteiger partial charge in [0, 0.05) is 39.2 Å². The first kappa shape index (κ1) is 27.4. The van der Waals surface area contributed by atoms with E-state index in [-0.39, 0.29) is 0 Å². The summed E-state index contributed by atoms with van der Waals surface area (Å²) in [7, 11) is 0. The number of benzene rings is 7. The number of fused-ring (bicyclic) bond motifs is 7. The molecule has 7 aromatic carbocycles. The summed E-state index contributed by atoms with van der Waals surface area (Å²) < 4.78 is 6.63. The van der Waals surface area contributed by atoms with Gasteiger partial charge in [-0.25, -0.2) is 15.0 Å². The van der Waals surface area contributed by atoms with Crippen LogP contribution in [0, 0.1) is 0 Å². The number of hydrogen-bond acceptors (Lipinski definition) is 5. The summed E-state index contributed by atoms with van der Waals surface area (Å²) >= 11 is 0. The highest BCUT2D eigenvalue weighted by Crippen LogP contribution is 2.41. The molecule has 0 spiro atoms. The summed E-state index contributed by atoms with van der Waals surface area (Å²) in [4.78, 5) is 19.7. The Bertz CT molecular complexity index is 2890. The summed E-state index contributed by atoms with van der Waals surface area (Å²) in [5.74, 6) is 1.74. The molecule has 3 aromatic heterocycles. The van der Waals surface area contributed by atoms with E-state index in [4.69, 9.17) is 19.4 Å². The van der Waals surface area contributed by atoms with Crippen LogP contribution in [-0.4, -0.2) is 19.9 Å². The molecule has 10 aromatic rings. The van der Waals surface area contributed by atoms with E-state index in [1.54, 1.807) is 6.20 Å². The molecule has 0 aliphatic rings. The molecule has 228 valence electrons. The quantitative estimate of drug-likeness (QED) is 0.182. The van der Waals surface area contributed by atoms with Crippen molar-refractivity contribution < 1.29 is 4.42 Å². The molecule has 0 saturated carbocycles. The standard InChI is InChI=1S/C44H26N4O/c1-2-11-29(12-3-1)42-46-43(33-20-17-27-9-4-5-13-30(27)23-33)48-44(47-42)38-25-45-26-39-40(38)37-16-8-15-36(41(37)49-39)32-21-22-35-31(24-32)19-18-28-10-6-7-14-34(28)35/h1-26H. The van der Waals surface area contributed by atoms with Gasteiger partial charge in [-0.15, -0.1) is 0 Å². The molecule has 0 atom stereocenters. The molecule has 0 saturated heterocycles. The molecule has 5 nitrogen and oxygen atoms in total. The first-order valence-electron chi connectivity index (χ1n) is 16.3. The Labute approximate surface area is 281 Å². The zero-order valence-electron chi connectivity index (χ0n) is 26.2. The van der Waals surface area contributed by atoms with E-state index < -0.39 is 0 Å². The molecule has 3 heterocycles. The van der Waals surface area contributed by atoms with E-state index in [1.807, 2.05) is 48.7 Å². The van der Waals surface area contributed by atoms with Gasteiger partial charge in [0.1, 0.15) is 5.58 Å². The van der Waals surface area contributed by atoms with Crippen molar-refractivity contribution in [2.24, 2.45) is 0 Å². The van der Waals surface area contributed by atoms with Crippen LogP contribution in [-0.2, 0) is 0 Å². The van der Waals surface area contributed by atoms with E-state index in [0.717, 1.165) is 49.6 Å². The first-order chi connectivity index (χ1) is 24.3. The van der Waals surface area contributed by atoms with Gasteiger partial charge < -0.3 is 4.42 Å². The second-order valence-electron chi connectivity index (χ2n) is 12.3. The monoisotopic (exact) mass is 626 g/mol. The summed E-state index contributed by atoms with van der Waals surface area (Å²) in [5.41, 5.74) is 6.22. The Kier molecular flexibility index (Phi) is 6.11. The van der Waals surface area contributed by atoms with Crippen LogP contribution in [0.1, 0.15) is 0 Å². The summed E-state index contributed by atoms with van der Waals surface area (Å²) in [6.45, 7) is 0. The van der Waals surface area contributed by atoms with Gasteiger partial charge in [-0.1, -0.05) is 133 Å². The number of nitrogens with zero attached hydrogens (tertiary/aromatic N) is 4. The van der Waals surface area contributed by atoms with Crippen LogP contribution in [0.3, 0.4) is 0 Å². The number of aromatic nitrogens is 4. The fourth-order valence-electron chi connectivity index (χ4n) is 7.00. The Hall–Kier alpha value is -6.72. The highest BCUT2D eigenvalue weighted by molar-refractivity contribution is 6.15. The first-order valence-corrected chi connectivity index (χ1v) is 16.3. The van der Waals surface area contributed by atoms with Gasteiger partial charge in [0.2, 0.25) is 0 Å². The van der Waals surface area contributed by atoms with E-state index in [2.05, 4.69) is 108 Å². The average Bonchev–Trinajstić information content (AvgIpc) is 3.57. The van der Waals surface area contributed by atoms with E-state index >= 15 is 0 Å². The number of pyridine rings is 1. The van der Waals surface area contributed by atoms with Crippen molar-refractivity contribution in [2.75, 3.05) is 0 Å². The topological polar surface area (TPSA) is 64.7 Å². The van der Waals surface area contributed by atoms with Gasteiger partial charge in [-0.05, 0) is 50.0 Å². The minimum Gasteiger partial charge on any atom is -0.454 e. The summed E-state index contributed by atoms with van der Waals surface area (Å²) in [5, 5.41) is 9.10. The lowest BCUT2D eigenvalue weighted by Crippen LogP contribution is -2.00. The normalized spacial score (nSPS) is 11.7. The third-order valence-corrected chi connectivity index (χ3v) is 9.38. The van der Waals surface area contributed by atoms with Crippen molar-refractivity contribution in [2.45, 2.75) is 0 Å². The molecule has 10 rings (SSSR count). The molecule has 0 N–H and O–H groups in total. The maximum atomic E-state index is 6.63. The highest BCUT2D eigenvalue weighted by Gasteiger charge is 2.20. The number of hydrogen-bond donors (Lipinski definition) is 0. The van der Waals surface area contributed by atoms with Crippen LogP contribution in [0.15, 0.2) is 162 Å². The molecule has 0 bridgehead atoms. The molecule has 0 aliphatic heterocycles. The second-order valence-corrected chi connectivity index (χ2v) is 12.3. The van der Waals surface area contributed by atoms with E-state index in [1.165, 1.54) is 26.9 Å². The average molecular weight is 627 g/mol. The van der Waals surface area contributed by atoms with Crippen LogP contribution in [0.4, 0.5) is 0 Å². The van der Waals surface area contributed by atoms with Crippen molar-refractivity contribution >= 4 is 54.3 Å². The van der Waals surface area contributed by atoms with Crippen LogP contribution >= 0.6 is 0 Å². The molecule has 0 radical (unpaired) electrons. The summed E-state index contributed by atoms with van der Waals surface area (Å²) in [6.07, 6.45) is 3.61. The number of para-hydroxylation sites is 1. The largest absolute Gasteiger partial charge is 0.454 e. The Morgan fingerprint density at radius 2 is 1.04 bits per heavy atom. The van der Waals surface area contributed by atoms with Crippen LogP contribution in [0.2, 0.25) is 0 Å². The van der Waals surface area contributed by atoms with Gasteiger partial charge in [-0.2, -0.15) is 0 Å². The molecular weight excluding hydrogens is 601 g/mol. The molecule has 0 amide bonds. The zero-order valence-corrected chi connectivity index (χ0v) is 26.2. The zero-order chi connectivity index (χ0) is 32.3. The van der Waals surface area contributed by atoms with Gasteiger partial charge in [0.15, 0.2) is 23.1 Å². The van der Waals surface area contributed by atoms with Crippen LogP contribution in [0.5, 0.6) is 0 Å². The number of furan rings is 1. The maximum Gasteiger partial charge on any atom is 0.166 e. The third kappa shape index (κ3) is 4.55. The second kappa shape index (κ2) is 10.9. The fraction of sp³-hybridized carbons (Fsp3) is 0. The minimum atomic E-state index is 0.542. The van der Waals surface area contributed by atoms with Crippen LogP contribution < -0.4 is 0 Å². The Morgan fingerprint density at radius 1 is 0.388 bits per heavy atom. The Balaban J connectivity index is 1.17. The highest BCUT2D eigenvalue weighted by atomic mass is 16.3. The number of rotatable bonds is 4. The van der Waals surface area contributed by atoms with Crippen molar-refractivity contribution in [3.63, 3.8) is 0 Å². The van der Waals surface area contributed by atoms with Gasteiger partial charge in [0.25, 0.3) is 0 Å². The molecule has 0 aliphatic carbocycles. The molecular formula is C44H26N4O. The SMILES string of the molecule is c1ccc(-c2nc(-c3ccc4ccccc4c3)nc(-c3cncc4oc5c(-c6ccc7c(ccc8ccccc87)c6)cccc5c34)n2)cc1. The van der Waals surface area contributed by atoms with Crippen molar-refractivity contribution in [1.82, 2.24) is 19.9 Å². The van der Waals surface area contributed by atoms with Crippen molar-refractivity contribution in [3.05, 3.63) is 158 Å². The predicted molar refractivity (Wildman–Crippen MR) is 199 cm³/mol. The smallest absolute Gasteiger partial charge is 0.166 e. The minimum absolute atomic E-state index is 0.542. The third-order valence-electron chi connectivity index (χ3n) is 9.38. The fourth-order valence-corrected chi connectivity index (χ4v) is 7.00. The summed E-state index contributed by atoms with van der Waals surface area (Å²) in [6, 6.07) is 50.5. The molecule has 0 unspecified atom stereocenters. The lowest BCUT2D eigenvalue weighted by atomic mass is 9.96. The molecule has 5 heteroatoms. The van der Waals surface area contributed by atoms with Gasteiger partial charge in [0.05, 0.1) is 6.20 Å². The van der Waals surface area contributed by atoms with Gasteiger partial charge in [-0.3, -0.25) is 4.98 Å². The predicted octanol–water partition coefficient (Wildman–Crippen LogP) is 11.3. The maximum absolute atomic E-state index is 6.63. The van der Waals surface area contributed by atoms with E-state index in [9.17, 15) is 0 Å². The molecule has 0 fully saturated rings. The Morgan fingerprint density at radius 3 is 1.94 bits per heavy atom. The lowest BCUT2D eigenvalue weighted by Gasteiger charge is -2.10. The van der Waals surface area contributed by atoms with Crippen molar-refractivity contribution in [3.8, 4) is 45.3 Å². The lowest BCUT2D eigenvalue weighted by molar-refractivity contribution is 0.668. The molecule has 49 heavy (non-hydrogen) atoms. The van der Waals surface area contributed by atoms with Crippen molar-refractivity contribution in [1.29, 1.82) is 0 Å². The van der Waals surface area contributed by atoms with E-state index in [0.29, 0.717) is 23.1 Å². The van der Waals surface area contributed by atoms with Crippen LogP contribution in [0.25, 0.3) is 99.5 Å².